The van der Waals surface area contributed by atoms with Crippen molar-refractivity contribution in [2.75, 3.05) is 13.2 Å². The lowest BCUT2D eigenvalue weighted by atomic mass is 9.96. The highest BCUT2D eigenvalue weighted by atomic mass is 32.3. The van der Waals surface area contributed by atoms with Crippen molar-refractivity contribution in [3.8, 4) is 0 Å². The minimum absolute atomic E-state index is 0.0907. The predicted molar refractivity (Wildman–Crippen MR) is 260 cm³/mol. The summed E-state index contributed by atoms with van der Waals surface area (Å²) in [4.78, 5) is 10.7. The number of aliphatic hydroxyl groups is 9. The van der Waals surface area contributed by atoms with Gasteiger partial charge in [0.2, 0.25) is 0 Å². The predicted octanol–water partition coefficient (Wildman–Crippen LogP) is 7.57. The van der Waals surface area contributed by atoms with Crippen molar-refractivity contribution in [3.05, 3.63) is 0 Å². The zero-order valence-electron chi connectivity index (χ0n) is 41.8. The Kier molecular flexibility index (Phi) is 39.9. The first-order chi connectivity index (χ1) is 31.7. The van der Waals surface area contributed by atoms with Gasteiger partial charge in [-0.3, -0.25) is 13.6 Å². The number of hydrogen-bond acceptors (Lipinski definition) is 15. The van der Waals surface area contributed by atoms with Gasteiger partial charge < -0.3 is 50.9 Å². The van der Waals surface area contributed by atoms with E-state index in [1.807, 2.05) is 0 Å². The first-order valence-corrected chi connectivity index (χ1v) is 28.9. The van der Waals surface area contributed by atoms with E-state index in [4.69, 9.17) is 13.6 Å². The number of aliphatic hydroxyl groups excluding tert-OH is 9. The van der Waals surface area contributed by atoms with Crippen LogP contribution in [0.4, 0.5) is 0 Å². The van der Waals surface area contributed by atoms with Crippen LogP contribution in [0, 0.1) is 11.8 Å². The molecule has 0 rings (SSSR count). The Hall–Kier alpha value is -0.380. The lowest BCUT2D eigenvalue weighted by Crippen LogP contribution is -2.52. The summed E-state index contributed by atoms with van der Waals surface area (Å²) in [7, 11) is -10.7. The summed E-state index contributed by atoms with van der Waals surface area (Å²) in [5.41, 5.74) is 0. The molecule has 0 aliphatic heterocycles. The van der Waals surface area contributed by atoms with Gasteiger partial charge in [0.25, 0.3) is 0 Å². The van der Waals surface area contributed by atoms with Gasteiger partial charge >= 0.3 is 18.2 Å². The van der Waals surface area contributed by atoms with Crippen LogP contribution in [0.15, 0.2) is 0 Å². The molecule has 0 radical (unpaired) electrons. The lowest BCUT2D eigenvalue weighted by molar-refractivity contribution is -0.147. The molecule has 0 bridgehead atoms. The summed E-state index contributed by atoms with van der Waals surface area (Å²) >= 11 is 0. The van der Waals surface area contributed by atoms with Crippen molar-refractivity contribution < 1.29 is 81.6 Å². The molecule has 11 atom stereocenters. The van der Waals surface area contributed by atoms with E-state index in [0.29, 0.717) is 12.8 Å². The fraction of sp³-hybridized carbons (Fsp3) is 1.00. The molecule has 0 saturated carbocycles. The van der Waals surface area contributed by atoms with Gasteiger partial charge in [0, 0.05) is 0 Å². The minimum Gasteiger partial charge on any atom is -0.394 e. The van der Waals surface area contributed by atoms with Crippen LogP contribution in [-0.2, 0) is 28.2 Å². The molecule has 0 heterocycles. The Morgan fingerprint density at radius 1 is 0.388 bits per heavy atom. The Morgan fingerprint density at radius 2 is 0.657 bits per heavy atom. The third kappa shape index (κ3) is 35.4. The molecular weight excluding hydrogens is 912 g/mol. The van der Waals surface area contributed by atoms with E-state index in [9.17, 15) is 63.8 Å². The SMILES string of the molecule is CC(C)CCCCCCCCCCCCCCCC(O)[C@@H](O)[C@@H](O)[C@H](O)[C@@H](CO)OP(=O)(O)OC(CCCCCCCCCCCCCCCC(C)C)[C@@H](O)[C@@H](O)[C@H](O)[C@@H](CO)OS(=O)(=O)O. The highest BCUT2D eigenvalue weighted by Crippen LogP contribution is 2.48. The van der Waals surface area contributed by atoms with Gasteiger partial charge in [-0.25, -0.2) is 8.75 Å². The van der Waals surface area contributed by atoms with E-state index in [1.54, 1.807) is 0 Å². The number of unbranched alkanes of at least 4 members (excludes halogenated alkanes) is 24. The molecule has 19 heteroatoms. The van der Waals surface area contributed by atoms with Crippen LogP contribution in [-0.4, -0.2) is 138 Å². The normalized spacial score (nSPS) is 18.0. The topological polar surface area (TPSA) is 301 Å². The Balaban J connectivity index is 5.11. The molecule has 0 aromatic carbocycles. The van der Waals surface area contributed by atoms with E-state index in [-0.39, 0.29) is 19.3 Å². The molecule has 404 valence electrons. The summed E-state index contributed by atoms with van der Waals surface area (Å²) in [6.07, 6.45) is 9.34. The zero-order valence-corrected chi connectivity index (χ0v) is 43.5. The smallest absolute Gasteiger partial charge is 0.394 e. The monoisotopic (exact) mass is 1010 g/mol. The maximum absolute atomic E-state index is 13.3. The standard InChI is InChI=1S/C48H99O17PS/c1-37(2)31-27-23-19-15-11-7-5-9-13-17-21-25-29-33-39(51)43(52)47(56)45(54)41(35-49)64-66(58,59)63-40(44(53)48(57)46(55)42(36-50)65-67(60,61)62)34-30-26-22-18-14-10-6-8-12-16-20-24-28-32-38(3)4/h37-57H,5-36H2,1-4H3,(H,58,59)(H,60,61,62)/t39?,40?,41-,42-,43-,44-,45-,46-,47-,48-/m1/s1. The third-order valence-electron chi connectivity index (χ3n) is 12.6. The molecule has 0 aromatic rings. The van der Waals surface area contributed by atoms with Gasteiger partial charge in [-0.2, -0.15) is 8.42 Å². The van der Waals surface area contributed by atoms with Crippen LogP contribution >= 0.6 is 7.82 Å². The second-order valence-corrected chi connectivity index (χ2v) is 22.2. The highest BCUT2D eigenvalue weighted by molar-refractivity contribution is 7.80. The van der Waals surface area contributed by atoms with Crippen LogP contribution in [0.3, 0.4) is 0 Å². The van der Waals surface area contributed by atoms with Gasteiger partial charge in [-0.05, 0) is 24.7 Å². The lowest BCUT2D eigenvalue weighted by Gasteiger charge is -2.34. The quantitative estimate of drug-likeness (QED) is 0.0159. The maximum Gasteiger partial charge on any atom is 0.472 e. The first-order valence-electron chi connectivity index (χ1n) is 26.0. The summed E-state index contributed by atoms with van der Waals surface area (Å²) in [5.74, 6) is 1.52. The summed E-state index contributed by atoms with van der Waals surface area (Å²) in [6, 6.07) is 0. The zero-order chi connectivity index (χ0) is 50.7. The third-order valence-corrected chi connectivity index (χ3v) is 14.2. The van der Waals surface area contributed by atoms with Crippen molar-refractivity contribution in [3.63, 3.8) is 0 Å². The Bertz CT molecular complexity index is 1300. The maximum atomic E-state index is 13.3. The van der Waals surface area contributed by atoms with Crippen molar-refractivity contribution in [1.29, 1.82) is 0 Å². The van der Waals surface area contributed by atoms with Crippen molar-refractivity contribution in [1.82, 2.24) is 0 Å². The summed E-state index contributed by atoms with van der Waals surface area (Å²) < 4.78 is 59.2. The van der Waals surface area contributed by atoms with E-state index in [1.165, 1.54) is 103 Å². The second kappa shape index (κ2) is 40.1. The molecule has 3 unspecified atom stereocenters. The number of hydrogen-bond donors (Lipinski definition) is 11. The minimum atomic E-state index is -5.44. The molecule has 0 amide bonds. The molecule has 11 N–H and O–H groups in total. The van der Waals surface area contributed by atoms with Crippen molar-refractivity contribution in [2.45, 2.75) is 281 Å². The van der Waals surface area contributed by atoms with Gasteiger partial charge in [-0.1, -0.05) is 207 Å². The average molecular weight is 1010 g/mol. The van der Waals surface area contributed by atoms with E-state index < -0.39 is 92.5 Å². The van der Waals surface area contributed by atoms with Gasteiger partial charge in [0.15, 0.2) is 0 Å². The molecular formula is C48H99O17PS. The fourth-order valence-electron chi connectivity index (χ4n) is 8.36. The molecule has 0 fully saturated rings. The molecule has 17 nitrogen and oxygen atoms in total. The number of rotatable bonds is 48. The van der Waals surface area contributed by atoms with Crippen LogP contribution in [0.2, 0.25) is 0 Å². The molecule has 0 aromatic heterocycles. The van der Waals surface area contributed by atoms with Gasteiger partial charge in [0.1, 0.15) is 48.8 Å². The van der Waals surface area contributed by atoms with Crippen molar-refractivity contribution >= 4 is 18.2 Å². The molecule has 0 saturated heterocycles. The van der Waals surface area contributed by atoms with Crippen LogP contribution in [0.5, 0.6) is 0 Å². The Labute approximate surface area is 405 Å². The van der Waals surface area contributed by atoms with Crippen LogP contribution in [0.25, 0.3) is 0 Å². The van der Waals surface area contributed by atoms with Crippen LogP contribution in [0.1, 0.15) is 220 Å². The van der Waals surface area contributed by atoms with E-state index in [0.717, 1.165) is 69.6 Å². The van der Waals surface area contributed by atoms with Gasteiger partial charge in [0.05, 0.1) is 25.4 Å². The van der Waals surface area contributed by atoms with Crippen LogP contribution < -0.4 is 0 Å². The fourth-order valence-corrected chi connectivity index (χ4v) is 10.0. The first kappa shape index (κ1) is 66.6. The largest absolute Gasteiger partial charge is 0.472 e. The Morgan fingerprint density at radius 3 is 0.985 bits per heavy atom. The van der Waals surface area contributed by atoms with E-state index in [2.05, 4.69) is 31.9 Å². The average Bonchev–Trinajstić information content (AvgIpc) is 3.27. The van der Waals surface area contributed by atoms with E-state index >= 15 is 0 Å². The second-order valence-electron chi connectivity index (χ2n) is 19.8. The number of phosphoric ester groups is 1. The molecule has 0 aliphatic carbocycles. The summed E-state index contributed by atoms with van der Waals surface area (Å²) in [6.45, 7) is 6.60. The summed E-state index contributed by atoms with van der Waals surface area (Å²) in [5, 5.41) is 94.5. The number of phosphoric acid groups is 1. The molecule has 0 aliphatic rings. The van der Waals surface area contributed by atoms with Gasteiger partial charge in [-0.15, -0.1) is 0 Å². The molecule has 0 spiro atoms. The van der Waals surface area contributed by atoms with Crippen molar-refractivity contribution in [2.24, 2.45) is 11.8 Å². The molecule has 67 heavy (non-hydrogen) atoms. The highest BCUT2D eigenvalue weighted by Gasteiger charge is 2.43.